The Labute approximate surface area is 140 Å². The van der Waals surface area contributed by atoms with Crippen LogP contribution in [0.5, 0.6) is 5.75 Å². The van der Waals surface area contributed by atoms with Gasteiger partial charge in [-0.3, -0.25) is 0 Å². The Bertz CT molecular complexity index is 954. The van der Waals surface area contributed by atoms with E-state index in [2.05, 4.69) is 0 Å². The van der Waals surface area contributed by atoms with E-state index in [4.69, 9.17) is 9.15 Å². The van der Waals surface area contributed by atoms with Crippen LogP contribution in [0.15, 0.2) is 51.7 Å². The first kappa shape index (κ1) is 15.0. The maximum atomic E-state index is 12.2. The second-order valence-electron chi connectivity index (χ2n) is 6.44. The summed E-state index contributed by atoms with van der Waals surface area (Å²) >= 11 is 0. The van der Waals surface area contributed by atoms with Crippen LogP contribution in [0.4, 0.5) is 0 Å². The van der Waals surface area contributed by atoms with Crippen molar-refractivity contribution in [2.24, 2.45) is 0 Å². The number of hydrogen-bond donors (Lipinski definition) is 0. The molecular formula is C21H20O3. The van der Waals surface area contributed by atoms with Gasteiger partial charge in [0, 0.05) is 16.5 Å². The zero-order valence-electron chi connectivity index (χ0n) is 14.0. The summed E-state index contributed by atoms with van der Waals surface area (Å²) in [5, 5.41) is 1.05. The molecule has 3 aromatic rings. The molecule has 0 fully saturated rings. The van der Waals surface area contributed by atoms with Gasteiger partial charge in [-0.15, -0.1) is 0 Å². The second-order valence-corrected chi connectivity index (χ2v) is 6.44. The predicted molar refractivity (Wildman–Crippen MR) is 94.7 cm³/mol. The highest BCUT2D eigenvalue weighted by molar-refractivity contribution is 5.86. The minimum Gasteiger partial charge on any atom is -0.486 e. The Balaban J connectivity index is 1.77. The molecule has 4 rings (SSSR count). The molecule has 0 saturated carbocycles. The minimum absolute atomic E-state index is 0.0662. The molecule has 0 N–H and O–H groups in total. The molecule has 0 aliphatic heterocycles. The van der Waals surface area contributed by atoms with Gasteiger partial charge in [0.05, 0.1) is 0 Å². The Morgan fingerprint density at radius 3 is 2.58 bits per heavy atom. The maximum Gasteiger partial charge on any atom is 0.339 e. The Hall–Kier alpha value is -2.55. The fraction of sp³-hybridized carbons (Fsp3) is 0.286. The number of rotatable bonds is 3. The first-order chi connectivity index (χ1) is 11.6. The summed E-state index contributed by atoms with van der Waals surface area (Å²) in [6.07, 6.45) is 2.75. The average Bonchev–Trinajstić information content (AvgIpc) is 3.09. The average molecular weight is 320 g/mol. The molecule has 2 aromatic carbocycles. The number of fused-ring (bicyclic) bond motifs is 3. The SMILES string of the molecule is Cc1c(OC(C)c2ccccc2)ccc2c3c(c(=O)oc12)CCC3. The summed E-state index contributed by atoms with van der Waals surface area (Å²) in [5.74, 6) is 0.764. The van der Waals surface area contributed by atoms with Crippen LogP contribution in [0, 0.1) is 6.92 Å². The van der Waals surface area contributed by atoms with E-state index in [1.54, 1.807) is 0 Å². The van der Waals surface area contributed by atoms with E-state index in [0.29, 0.717) is 5.58 Å². The van der Waals surface area contributed by atoms with Crippen LogP contribution >= 0.6 is 0 Å². The van der Waals surface area contributed by atoms with Gasteiger partial charge in [-0.1, -0.05) is 30.3 Å². The fourth-order valence-corrected chi connectivity index (χ4v) is 3.57. The van der Waals surface area contributed by atoms with E-state index in [1.165, 1.54) is 0 Å². The molecule has 0 spiro atoms. The third-order valence-electron chi connectivity index (χ3n) is 4.91. The number of ether oxygens (including phenoxy) is 1. The number of aryl methyl sites for hydroxylation is 2. The van der Waals surface area contributed by atoms with E-state index in [1.807, 2.05) is 56.3 Å². The van der Waals surface area contributed by atoms with Gasteiger partial charge >= 0.3 is 5.63 Å². The first-order valence-electron chi connectivity index (χ1n) is 8.45. The molecule has 24 heavy (non-hydrogen) atoms. The smallest absolute Gasteiger partial charge is 0.339 e. The van der Waals surface area contributed by atoms with E-state index >= 15 is 0 Å². The molecule has 1 aliphatic carbocycles. The van der Waals surface area contributed by atoms with E-state index in [9.17, 15) is 4.79 Å². The molecule has 1 unspecified atom stereocenters. The standard InChI is InChI=1S/C21H20O3/c1-13-19(23-14(2)15-7-4-3-5-8-15)12-11-17-16-9-6-10-18(16)21(22)24-20(13)17/h3-5,7-8,11-12,14H,6,9-10H2,1-2H3. The summed E-state index contributed by atoms with van der Waals surface area (Å²) in [6.45, 7) is 3.98. The Morgan fingerprint density at radius 1 is 1.04 bits per heavy atom. The van der Waals surface area contributed by atoms with Gasteiger partial charge in [-0.05, 0) is 56.4 Å². The molecule has 0 amide bonds. The van der Waals surface area contributed by atoms with Gasteiger partial charge in [0.25, 0.3) is 0 Å². The maximum absolute atomic E-state index is 12.2. The van der Waals surface area contributed by atoms with E-state index < -0.39 is 0 Å². The monoisotopic (exact) mass is 320 g/mol. The van der Waals surface area contributed by atoms with Crippen LogP contribution in [-0.2, 0) is 12.8 Å². The van der Waals surface area contributed by atoms with Crippen LogP contribution in [0.2, 0.25) is 0 Å². The largest absolute Gasteiger partial charge is 0.486 e. The molecule has 0 radical (unpaired) electrons. The molecule has 1 heterocycles. The van der Waals surface area contributed by atoms with Gasteiger partial charge in [-0.25, -0.2) is 4.79 Å². The molecular weight excluding hydrogens is 300 g/mol. The Kier molecular flexibility index (Phi) is 3.64. The van der Waals surface area contributed by atoms with Crippen LogP contribution in [-0.4, -0.2) is 0 Å². The van der Waals surface area contributed by atoms with Crippen molar-refractivity contribution in [2.75, 3.05) is 0 Å². The lowest BCUT2D eigenvalue weighted by molar-refractivity contribution is 0.225. The molecule has 3 heteroatoms. The fourth-order valence-electron chi connectivity index (χ4n) is 3.57. The van der Waals surface area contributed by atoms with Gasteiger partial charge in [0.2, 0.25) is 0 Å². The molecule has 3 nitrogen and oxygen atoms in total. The van der Waals surface area contributed by atoms with Crippen molar-refractivity contribution in [1.29, 1.82) is 0 Å². The van der Waals surface area contributed by atoms with Crippen molar-refractivity contribution in [2.45, 2.75) is 39.2 Å². The molecule has 1 aromatic heterocycles. The van der Waals surface area contributed by atoms with Crippen molar-refractivity contribution in [1.82, 2.24) is 0 Å². The van der Waals surface area contributed by atoms with Crippen molar-refractivity contribution in [3.8, 4) is 5.75 Å². The van der Waals surface area contributed by atoms with Crippen molar-refractivity contribution in [3.05, 3.63) is 75.1 Å². The summed E-state index contributed by atoms with van der Waals surface area (Å²) in [5.41, 5.74) is 4.50. The summed E-state index contributed by atoms with van der Waals surface area (Å²) in [6, 6.07) is 14.1. The zero-order chi connectivity index (χ0) is 16.7. The zero-order valence-corrected chi connectivity index (χ0v) is 14.0. The highest BCUT2D eigenvalue weighted by Crippen LogP contribution is 2.34. The van der Waals surface area contributed by atoms with Crippen molar-refractivity contribution >= 4 is 11.0 Å². The van der Waals surface area contributed by atoms with E-state index in [0.717, 1.165) is 52.7 Å². The van der Waals surface area contributed by atoms with Gasteiger partial charge in [-0.2, -0.15) is 0 Å². The lowest BCUT2D eigenvalue weighted by atomic mass is 10.0. The molecule has 1 atom stereocenters. The topological polar surface area (TPSA) is 39.4 Å². The van der Waals surface area contributed by atoms with Crippen LogP contribution in [0.3, 0.4) is 0 Å². The second kappa shape index (κ2) is 5.82. The van der Waals surface area contributed by atoms with Gasteiger partial charge in [0.1, 0.15) is 17.4 Å². The first-order valence-corrected chi connectivity index (χ1v) is 8.45. The van der Waals surface area contributed by atoms with Crippen LogP contribution < -0.4 is 10.4 Å². The highest BCUT2D eigenvalue weighted by atomic mass is 16.5. The lowest BCUT2D eigenvalue weighted by Gasteiger charge is -2.18. The van der Waals surface area contributed by atoms with E-state index in [-0.39, 0.29) is 11.7 Å². The molecule has 0 bridgehead atoms. The lowest BCUT2D eigenvalue weighted by Crippen LogP contribution is -2.08. The normalized spacial score (nSPS) is 14.6. The minimum atomic E-state index is -0.189. The predicted octanol–water partition coefficient (Wildman–Crippen LogP) is 4.73. The number of hydrogen-bond acceptors (Lipinski definition) is 3. The van der Waals surface area contributed by atoms with Crippen molar-refractivity contribution < 1.29 is 9.15 Å². The summed E-state index contributed by atoms with van der Waals surface area (Å²) in [4.78, 5) is 12.2. The summed E-state index contributed by atoms with van der Waals surface area (Å²) < 4.78 is 11.8. The summed E-state index contributed by atoms with van der Waals surface area (Å²) in [7, 11) is 0. The van der Waals surface area contributed by atoms with Gasteiger partial charge < -0.3 is 9.15 Å². The third-order valence-corrected chi connectivity index (χ3v) is 4.91. The van der Waals surface area contributed by atoms with Crippen LogP contribution in [0.1, 0.15) is 41.7 Å². The van der Waals surface area contributed by atoms with Crippen LogP contribution in [0.25, 0.3) is 11.0 Å². The van der Waals surface area contributed by atoms with Gasteiger partial charge in [0.15, 0.2) is 0 Å². The third kappa shape index (κ3) is 2.41. The highest BCUT2D eigenvalue weighted by Gasteiger charge is 2.21. The van der Waals surface area contributed by atoms with Crippen molar-refractivity contribution in [3.63, 3.8) is 0 Å². The Morgan fingerprint density at radius 2 is 1.79 bits per heavy atom. The molecule has 1 aliphatic rings. The molecule has 122 valence electrons. The number of benzene rings is 2. The molecule has 0 saturated heterocycles. The quantitative estimate of drug-likeness (QED) is 0.655.